The zero-order chi connectivity index (χ0) is 20.2. The lowest BCUT2D eigenvalue weighted by Crippen LogP contribution is -2.51. The molecule has 8 heteroatoms. The summed E-state index contributed by atoms with van der Waals surface area (Å²) in [5.74, 6) is -0.688. The van der Waals surface area contributed by atoms with Gasteiger partial charge in [0.25, 0.3) is 0 Å². The molecule has 7 nitrogen and oxygen atoms in total. The van der Waals surface area contributed by atoms with Crippen LogP contribution in [0, 0.1) is 12.8 Å². The quantitative estimate of drug-likeness (QED) is 0.686. The minimum Gasteiger partial charge on any atom is -0.466 e. The molecule has 1 atom stereocenters. The van der Waals surface area contributed by atoms with E-state index in [1.54, 1.807) is 36.9 Å². The largest absolute Gasteiger partial charge is 0.466 e. The van der Waals surface area contributed by atoms with Gasteiger partial charge in [-0.2, -0.15) is 0 Å². The number of ether oxygens (including phenoxy) is 1. The molecule has 0 aromatic heterocycles. The zero-order valence-electron chi connectivity index (χ0n) is 16.3. The summed E-state index contributed by atoms with van der Waals surface area (Å²) < 4.78 is 31.0. The normalized spacial score (nSPS) is 16.7. The minimum atomic E-state index is -3.64. The Morgan fingerprint density at radius 1 is 1.30 bits per heavy atom. The van der Waals surface area contributed by atoms with Crippen molar-refractivity contribution < 1.29 is 22.7 Å². The molecule has 1 aromatic rings. The maximum absolute atomic E-state index is 13.0. The van der Waals surface area contributed by atoms with Gasteiger partial charge in [0.1, 0.15) is 6.04 Å². The van der Waals surface area contributed by atoms with Crippen molar-refractivity contribution in [3.05, 3.63) is 29.8 Å². The molecule has 1 aliphatic heterocycles. The lowest BCUT2D eigenvalue weighted by atomic mass is 9.96. The number of likely N-dealkylation sites (tertiary alicyclic amines) is 1. The second-order valence-corrected chi connectivity index (χ2v) is 8.78. The van der Waals surface area contributed by atoms with Crippen LogP contribution in [0.3, 0.4) is 0 Å². The summed E-state index contributed by atoms with van der Waals surface area (Å²) in [4.78, 5) is 26.4. The van der Waals surface area contributed by atoms with E-state index < -0.39 is 16.1 Å². The van der Waals surface area contributed by atoms with Gasteiger partial charge in [-0.15, -0.1) is 0 Å². The van der Waals surface area contributed by atoms with Crippen LogP contribution in [0.15, 0.2) is 24.3 Å². The Balaban J connectivity index is 2.13. The van der Waals surface area contributed by atoms with Gasteiger partial charge in [-0.05, 0) is 51.3 Å². The van der Waals surface area contributed by atoms with E-state index in [0.29, 0.717) is 38.2 Å². The summed E-state index contributed by atoms with van der Waals surface area (Å²) in [7, 11) is -3.64. The first kappa shape index (κ1) is 21.2. The van der Waals surface area contributed by atoms with Gasteiger partial charge >= 0.3 is 5.97 Å². The second-order valence-electron chi connectivity index (χ2n) is 6.93. The van der Waals surface area contributed by atoms with Crippen molar-refractivity contribution in [1.82, 2.24) is 4.90 Å². The molecule has 1 aliphatic rings. The number of carbonyl (C=O) groups is 2. The monoisotopic (exact) mass is 396 g/mol. The predicted octanol–water partition coefficient (Wildman–Crippen LogP) is 1.95. The summed E-state index contributed by atoms with van der Waals surface area (Å²) in [6.45, 7) is 6.41. The number of hydrogen-bond donors (Lipinski definition) is 0. The highest BCUT2D eigenvalue weighted by molar-refractivity contribution is 7.92. The van der Waals surface area contributed by atoms with Crippen molar-refractivity contribution in [2.75, 3.05) is 30.3 Å². The standard InChI is InChI=1S/C19H28N2O5S/c1-5-26-19(23)16-9-11-20(12-10-16)18(22)15(3)21(27(4,24)25)17-8-6-7-14(2)13-17/h6-8,13,15-16H,5,9-12H2,1-4H3. The van der Waals surface area contributed by atoms with E-state index in [9.17, 15) is 18.0 Å². The van der Waals surface area contributed by atoms with Gasteiger partial charge in [-0.1, -0.05) is 12.1 Å². The van der Waals surface area contributed by atoms with Crippen molar-refractivity contribution in [3.8, 4) is 0 Å². The van der Waals surface area contributed by atoms with Crippen molar-refractivity contribution in [2.45, 2.75) is 39.7 Å². The first-order valence-corrected chi connectivity index (χ1v) is 11.0. The molecule has 0 saturated carbocycles. The molecule has 1 unspecified atom stereocenters. The van der Waals surface area contributed by atoms with E-state index in [1.807, 2.05) is 13.0 Å². The number of nitrogens with zero attached hydrogens (tertiary/aromatic N) is 2. The first-order chi connectivity index (χ1) is 12.6. The Hall–Kier alpha value is -2.09. The number of carbonyl (C=O) groups excluding carboxylic acids is 2. The minimum absolute atomic E-state index is 0.202. The number of sulfonamides is 1. The Kier molecular flexibility index (Phi) is 6.86. The van der Waals surface area contributed by atoms with Gasteiger partial charge in [0.05, 0.1) is 24.5 Å². The molecule has 1 amide bonds. The highest BCUT2D eigenvalue weighted by Crippen LogP contribution is 2.25. The van der Waals surface area contributed by atoms with E-state index >= 15 is 0 Å². The molecule has 1 saturated heterocycles. The Bertz CT molecular complexity index is 785. The van der Waals surface area contributed by atoms with Gasteiger partial charge in [-0.25, -0.2) is 8.42 Å². The van der Waals surface area contributed by atoms with Crippen LogP contribution in [-0.4, -0.2) is 57.2 Å². The highest BCUT2D eigenvalue weighted by atomic mass is 32.2. The molecule has 1 aromatic carbocycles. The van der Waals surface area contributed by atoms with Crippen molar-refractivity contribution in [3.63, 3.8) is 0 Å². The topological polar surface area (TPSA) is 84.0 Å². The van der Waals surface area contributed by atoms with Crippen LogP contribution in [0.4, 0.5) is 5.69 Å². The Morgan fingerprint density at radius 3 is 2.44 bits per heavy atom. The van der Waals surface area contributed by atoms with Crippen LogP contribution in [-0.2, 0) is 24.3 Å². The number of hydrogen-bond acceptors (Lipinski definition) is 5. The van der Waals surface area contributed by atoms with Crippen LogP contribution in [0.1, 0.15) is 32.3 Å². The summed E-state index contributed by atoms with van der Waals surface area (Å²) in [6.07, 6.45) is 2.16. The lowest BCUT2D eigenvalue weighted by molar-refractivity contribution is -0.151. The molecular formula is C19H28N2O5S. The molecular weight excluding hydrogens is 368 g/mol. The molecule has 0 spiro atoms. The van der Waals surface area contributed by atoms with Crippen molar-refractivity contribution in [1.29, 1.82) is 0 Å². The number of rotatable bonds is 6. The third-order valence-electron chi connectivity index (χ3n) is 4.75. The van der Waals surface area contributed by atoms with Gasteiger partial charge in [0, 0.05) is 13.1 Å². The van der Waals surface area contributed by atoms with Gasteiger partial charge < -0.3 is 9.64 Å². The van der Waals surface area contributed by atoms with E-state index in [2.05, 4.69) is 0 Å². The Morgan fingerprint density at radius 2 is 1.93 bits per heavy atom. The van der Waals surface area contributed by atoms with Crippen LogP contribution in [0.5, 0.6) is 0 Å². The van der Waals surface area contributed by atoms with E-state index in [-0.39, 0.29) is 17.8 Å². The van der Waals surface area contributed by atoms with E-state index in [1.165, 1.54) is 4.31 Å². The van der Waals surface area contributed by atoms with Gasteiger partial charge in [0.2, 0.25) is 15.9 Å². The molecule has 27 heavy (non-hydrogen) atoms. The predicted molar refractivity (Wildman–Crippen MR) is 104 cm³/mol. The molecule has 1 fully saturated rings. The van der Waals surface area contributed by atoms with Crippen molar-refractivity contribution >= 4 is 27.6 Å². The maximum Gasteiger partial charge on any atom is 0.309 e. The molecule has 0 N–H and O–H groups in total. The number of amides is 1. The molecule has 150 valence electrons. The number of aryl methyl sites for hydroxylation is 1. The summed E-state index contributed by atoms with van der Waals surface area (Å²) in [5, 5.41) is 0. The van der Waals surface area contributed by atoms with Crippen LogP contribution >= 0.6 is 0 Å². The highest BCUT2D eigenvalue weighted by Gasteiger charge is 2.35. The molecule has 0 aliphatic carbocycles. The average Bonchev–Trinajstić information content (AvgIpc) is 2.60. The summed E-state index contributed by atoms with van der Waals surface area (Å²) in [6, 6.07) is 6.21. The lowest BCUT2D eigenvalue weighted by Gasteiger charge is -2.36. The van der Waals surface area contributed by atoms with Gasteiger partial charge in [-0.3, -0.25) is 13.9 Å². The third-order valence-corrected chi connectivity index (χ3v) is 5.99. The molecule has 2 rings (SSSR count). The Labute approximate surface area is 161 Å². The molecule has 0 radical (unpaired) electrons. The number of benzene rings is 1. The number of esters is 1. The fourth-order valence-electron chi connectivity index (χ4n) is 3.43. The maximum atomic E-state index is 13.0. The zero-order valence-corrected chi connectivity index (χ0v) is 17.2. The van der Waals surface area contributed by atoms with E-state index in [0.717, 1.165) is 11.8 Å². The average molecular weight is 397 g/mol. The molecule has 1 heterocycles. The fraction of sp³-hybridized carbons (Fsp3) is 0.579. The van der Waals surface area contributed by atoms with Gasteiger partial charge in [0.15, 0.2) is 0 Å². The fourth-order valence-corrected chi connectivity index (χ4v) is 4.59. The molecule has 0 bridgehead atoms. The second kappa shape index (κ2) is 8.73. The SMILES string of the molecule is CCOC(=O)C1CCN(C(=O)C(C)N(c2cccc(C)c2)S(C)(=O)=O)CC1. The number of anilines is 1. The smallest absolute Gasteiger partial charge is 0.309 e. The van der Waals surface area contributed by atoms with Crippen LogP contribution in [0.25, 0.3) is 0 Å². The number of piperidine rings is 1. The third kappa shape index (κ3) is 5.22. The van der Waals surface area contributed by atoms with Crippen LogP contribution in [0.2, 0.25) is 0 Å². The first-order valence-electron chi connectivity index (χ1n) is 9.16. The van der Waals surface area contributed by atoms with Crippen LogP contribution < -0.4 is 4.31 Å². The summed E-state index contributed by atoms with van der Waals surface area (Å²) in [5.41, 5.74) is 1.39. The van der Waals surface area contributed by atoms with Crippen molar-refractivity contribution in [2.24, 2.45) is 5.92 Å². The summed E-state index contributed by atoms with van der Waals surface area (Å²) >= 11 is 0. The van der Waals surface area contributed by atoms with E-state index in [4.69, 9.17) is 4.74 Å².